The number of β-amino-alcohol motifs (C(OH)–C–C–N with tert-alkyl or cyclic N) is 1. The molecule has 0 spiro atoms. The van der Waals surface area contributed by atoms with Crippen LogP contribution >= 0.6 is 0 Å². The Morgan fingerprint density at radius 3 is 2.81 bits per heavy atom. The average molecular weight is 421 g/mol. The number of nitrogens with zero attached hydrogens (tertiary/aromatic N) is 3. The molecule has 3 aliphatic heterocycles. The third kappa shape index (κ3) is 4.29. The van der Waals surface area contributed by atoms with Gasteiger partial charge in [0, 0.05) is 25.0 Å². The van der Waals surface area contributed by atoms with Crippen molar-refractivity contribution in [2.24, 2.45) is 4.99 Å². The normalized spacial score (nSPS) is 22.0. The van der Waals surface area contributed by atoms with E-state index in [1.165, 1.54) is 11.6 Å². The number of benzene rings is 1. The van der Waals surface area contributed by atoms with E-state index in [0.29, 0.717) is 24.7 Å². The van der Waals surface area contributed by atoms with Crippen molar-refractivity contribution in [3.63, 3.8) is 0 Å². The highest BCUT2D eigenvalue weighted by atomic mass is 16.5. The van der Waals surface area contributed by atoms with E-state index in [1.54, 1.807) is 12.4 Å². The molecule has 2 aromatic rings. The van der Waals surface area contributed by atoms with Gasteiger partial charge in [0.1, 0.15) is 24.3 Å². The van der Waals surface area contributed by atoms with Crippen LogP contribution in [0.15, 0.2) is 64.2 Å². The van der Waals surface area contributed by atoms with E-state index in [1.807, 2.05) is 6.08 Å². The summed E-state index contributed by atoms with van der Waals surface area (Å²) in [7, 11) is 0. The summed E-state index contributed by atoms with van der Waals surface area (Å²) in [5.74, 6) is 2.13. The molecule has 31 heavy (non-hydrogen) atoms. The number of ether oxygens (including phenoxy) is 1. The van der Waals surface area contributed by atoms with E-state index in [-0.39, 0.29) is 18.1 Å². The molecule has 2 atom stereocenters. The van der Waals surface area contributed by atoms with Gasteiger partial charge in [0.25, 0.3) is 0 Å². The summed E-state index contributed by atoms with van der Waals surface area (Å²) in [6.07, 6.45) is 7.11. The van der Waals surface area contributed by atoms with Crippen molar-refractivity contribution in [2.45, 2.75) is 30.9 Å². The van der Waals surface area contributed by atoms with E-state index >= 15 is 0 Å². The Balaban J connectivity index is 1.09. The second kappa shape index (κ2) is 8.69. The van der Waals surface area contributed by atoms with E-state index in [0.717, 1.165) is 37.5 Å². The fourth-order valence-corrected chi connectivity index (χ4v) is 4.73. The molecule has 162 valence electrons. The highest BCUT2D eigenvalue weighted by molar-refractivity contribution is 5.85. The van der Waals surface area contributed by atoms with Crippen molar-refractivity contribution in [1.82, 2.24) is 9.88 Å². The molecule has 0 bridgehead atoms. The standard InChI is InChI=1S/C24H28N4O3/c29-20(14-27-10-7-18(8-11-27)17-4-2-1-3-5-17)16-31-21-12-19-13-26-23-22(30)6-9-25-24(23)28(19)15-21/h1-6,9,12-13,18-20,29H,7-8,10-11,14-16H2,(H,25,30). The van der Waals surface area contributed by atoms with E-state index in [2.05, 4.69) is 50.1 Å². The molecule has 2 N–H and O–H groups in total. The number of H-pyrrole nitrogens is 1. The van der Waals surface area contributed by atoms with Crippen molar-refractivity contribution >= 4 is 17.7 Å². The number of hydrogen-bond donors (Lipinski definition) is 2. The predicted octanol–water partition coefficient (Wildman–Crippen LogP) is 2.42. The lowest BCUT2D eigenvalue weighted by Gasteiger charge is -2.33. The lowest BCUT2D eigenvalue weighted by atomic mass is 9.89. The highest BCUT2D eigenvalue weighted by Gasteiger charge is 2.31. The lowest BCUT2D eigenvalue weighted by Crippen LogP contribution is -2.40. The minimum Gasteiger partial charge on any atom is -0.494 e. The number of likely N-dealkylation sites (tertiary alicyclic amines) is 1. The number of aromatic amines is 1. The highest BCUT2D eigenvalue weighted by Crippen LogP contribution is 2.32. The van der Waals surface area contributed by atoms with Gasteiger partial charge < -0.3 is 24.6 Å². The quantitative estimate of drug-likeness (QED) is 0.750. The second-order valence-electron chi connectivity index (χ2n) is 8.52. The maximum atomic E-state index is 12.0. The molecule has 1 fully saturated rings. The van der Waals surface area contributed by atoms with Gasteiger partial charge in [-0.3, -0.25) is 9.79 Å². The number of aromatic nitrogens is 1. The third-order valence-corrected chi connectivity index (χ3v) is 6.39. The molecule has 4 heterocycles. The van der Waals surface area contributed by atoms with Crippen LogP contribution < -0.4 is 10.3 Å². The molecule has 7 heteroatoms. The van der Waals surface area contributed by atoms with Gasteiger partial charge in [-0.05, 0) is 43.5 Å². The number of aliphatic hydroxyl groups is 1. The van der Waals surface area contributed by atoms with Crippen molar-refractivity contribution in [1.29, 1.82) is 0 Å². The Morgan fingerprint density at radius 1 is 1.19 bits per heavy atom. The fraction of sp³-hybridized carbons (Fsp3) is 0.417. The zero-order valence-electron chi connectivity index (χ0n) is 17.5. The van der Waals surface area contributed by atoms with Crippen LogP contribution in [0.4, 0.5) is 11.5 Å². The summed E-state index contributed by atoms with van der Waals surface area (Å²) in [6, 6.07) is 12.1. The summed E-state index contributed by atoms with van der Waals surface area (Å²) >= 11 is 0. The van der Waals surface area contributed by atoms with E-state index in [9.17, 15) is 9.90 Å². The van der Waals surface area contributed by atoms with Crippen molar-refractivity contribution < 1.29 is 9.84 Å². The van der Waals surface area contributed by atoms with Crippen LogP contribution in [0.1, 0.15) is 24.3 Å². The van der Waals surface area contributed by atoms with Gasteiger partial charge in [-0.2, -0.15) is 0 Å². The predicted molar refractivity (Wildman–Crippen MR) is 121 cm³/mol. The Morgan fingerprint density at radius 2 is 2.00 bits per heavy atom. The topological polar surface area (TPSA) is 81.2 Å². The molecular formula is C24H28N4O3. The first-order valence-electron chi connectivity index (χ1n) is 11.0. The van der Waals surface area contributed by atoms with E-state index in [4.69, 9.17) is 4.74 Å². The SMILES string of the molecule is O=c1cc[nH]c2c1N=CC1C=C(OCC(O)CN3CCC(c4ccccc4)CC3)CN21. The number of hydrogen-bond acceptors (Lipinski definition) is 6. The first kappa shape index (κ1) is 20.0. The smallest absolute Gasteiger partial charge is 0.209 e. The van der Waals surface area contributed by atoms with Gasteiger partial charge >= 0.3 is 0 Å². The average Bonchev–Trinajstić information content (AvgIpc) is 3.23. The van der Waals surface area contributed by atoms with Crippen LogP contribution in [0.5, 0.6) is 0 Å². The van der Waals surface area contributed by atoms with Crippen LogP contribution in [0.2, 0.25) is 0 Å². The molecular weight excluding hydrogens is 392 g/mol. The van der Waals surface area contributed by atoms with Crippen LogP contribution in [-0.2, 0) is 4.74 Å². The molecule has 0 amide bonds. The van der Waals surface area contributed by atoms with Crippen molar-refractivity contribution in [3.8, 4) is 0 Å². The fourth-order valence-electron chi connectivity index (χ4n) is 4.73. The minimum atomic E-state index is -0.535. The summed E-state index contributed by atoms with van der Waals surface area (Å²) in [5.41, 5.74) is 1.76. The van der Waals surface area contributed by atoms with Gasteiger partial charge in [-0.25, -0.2) is 0 Å². The third-order valence-electron chi connectivity index (χ3n) is 6.39. The molecule has 5 rings (SSSR count). The molecule has 7 nitrogen and oxygen atoms in total. The molecule has 0 saturated carbocycles. The number of aliphatic imine (C=N–C) groups is 1. The largest absolute Gasteiger partial charge is 0.494 e. The number of pyridine rings is 1. The number of piperidine rings is 1. The first-order chi connectivity index (χ1) is 15.2. The molecule has 0 radical (unpaired) electrons. The van der Waals surface area contributed by atoms with Gasteiger partial charge in [0.2, 0.25) is 5.43 Å². The number of aliphatic hydroxyl groups excluding tert-OH is 1. The van der Waals surface area contributed by atoms with Crippen molar-refractivity contribution in [3.05, 3.63) is 70.2 Å². The first-order valence-corrected chi connectivity index (χ1v) is 11.0. The Bertz CT molecular complexity index is 1020. The monoisotopic (exact) mass is 420 g/mol. The maximum absolute atomic E-state index is 12.0. The minimum absolute atomic E-state index is 0.0327. The van der Waals surface area contributed by atoms with Crippen LogP contribution in [-0.4, -0.2) is 66.1 Å². The second-order valence-corrected chi connectivity index (χ2v) is 8.52. The Kier molecular flexibility index (Phi) is 5.61. The molecule has 2 unspecified atom stereocenters. The summed E-state index contributed by atoms with van der Waals surface area (Å²) in [5, 5.41) is 10.5. The molecule has 3 aliphatic rings. The summed E-state index contributed by atoms with van der Waals surface area (Å²) < 4.78 is 5.92. The summed E-state index contributed by atoms with van der Waals surface area (Å²) in [6.45, 7) is 3.43. The maximum Gasteiger partial charge on any atom is 0.209 e. The van der Waals surface area contributed by atoms with Gasteiger partial charge in [-0.15, -0.1) is 0 Å². The number of rotatable bonds is 6. The Hall–Kier alpha value is -2.90. The molecule has 0 aliphatic carbocycles. The van der Waals surface area contributed by atoms with Crippen LogP contribution in [0.3, 0.4) is 0 Å². The summed E-state index contributed by atoms with van der Waals surface area (Å²) in [4.78, 5) is 23.8. The zero-order chi connectivity index (χ0) is 21.2. The molecule has 1 saturated heterocycles. The van der Waals surface area contributed by atoms with Crippen molar-refractivity contribution in [2.75, 3.05) is 37.7 Å². The van der Waals surface area contributed by atoms with E-state index < -0.39 is 6.10 Å². The van der Waals surface area contributed by atoms with Crippen LogP contribution in [0, 0.1) is 0 Å². The molecule has 1 aromatic carbocycles. The van der Waals surface area contributed by atoms with Crippen LogP contribution in [0.25, 0.3) is 0 Å². The number of anilines is 1. The lowest BCUT2D eigenvalue weighted by molar-refractivity contribution is 0.0368. The van der Waals surface area contributed by atoms with Gasteiger partial charge in [0.05, 0.1) is 12.6 Å². The van der Waals surface area contributed by atoms with Gasteiger partial charge in [0.15, 0.2) is 5.69 Å². The number of fused-ring (bicyclic) bond motifs is 3. The number of nitrogens with one attached hydrogen (secondary N) is 1. The van der Waals surface area contributed by atoms with Gasteiger partial charge in [-0.1, -0.05) is 30.3 Å². The Labute approximate surface area is 181 Å². The zero-order valence-corrected chi connectivity index (χ0v) is 17.5. The molecule has 1 aromatic heterocycles.